The molecule has 1 aliphatic heterocycles. The largest absolute Gasteiger partial charge is 0.493 e. The molecule has 0 radical (unpaired) electrons. The normalized spacial score (nSPS) is 26.2. The van der Waals surface area contributed by atoms with Crippen molar-refractivity contribution in [1.29, 1.82) is 0 Å². The van der Waals surface area contributed by atoms with Crippen LogP contribution in [0.1, 0.15) is 35.6 Å². The van der Waals surface area contributed by atoms with Crippen molar-refractivity contribution in [2.24, 2.45) is 17.8 Å². The zero-order chi connectivity index (χ0) is 24.1. The summed E-state index contributed by atoms with van der Waals surface area (Å²) in [5.74, 6) is 2.39. The minimum absolute atomic E-state index is 0.00101. The third kappa shape index (κ3) is 4.14. The molecule has 2 N–H and O–H groups in total. The Kier molecular flexibility index (Phi) is 5.84. The van der Waals surface area contributed by atoms with Crippen LogP contribution in [0.2, 0.25) is 0 Å². The van der Waals surface area contributed by atoms with Gasteiger partial charge in [0.2, 0.25) is 0 Å². The van der Waals surface area contributed by atoms with Crippen molar-refractivity contribution in [3.8, 4) is 11.5 Å². The summed E-state index contributed by atoms with van der Waals surface area (Å²) in [5.41, 5.74) is 1.61. The minimum Gasteiger partial charge on any atom is -0.493 e. The molecule has 2 fully saturated rings. The van der Waals surface area contributed by atoms with Crippen LogP contribution in [0.25, 0.3) is 0 Å². The highest BCUT2D eigenvalue weighted by Crippen LogP contribution is 2.63. The molecule has 0 saturated heterocycles. The first kappa shape index (κ1) is 22.7. The van der Waals surface area contributed by atoms with E-state index in [0.29, 0.717) is 34.3 Å². The van der Waals surface area contributed by atoms with Crippen LogP contribution in [0.15, 0.2) is 52.3 Å². The maximum Gasteiger partial charge on any atom is 0.305 e. The van der Waals surface area contributed by atoms with Crippen molar-refractivity contribution in [3.05, 3.63) is 68.4 Å². The second-order valence-electron chi connectivity index (χ2n) is 9.43. The van der Waals surface area contributed by atoms with Crippen molar-refractivity contribution < 1.29 is 18.7 Å². The summed E-state index contributed by atoms with van der Waals surface area (Å²) in [6.45, 7) is -0.203. The van der Waals surface area contributed by atoms with Gasteiger partial charge in [-0.05, 0) is 79.0 Å². The van der Waals surface area contributed by atoms with Gasteiger partial charge in [0, 0.05) is 21.7 Å². The number of thioether (sulfide) groups is 1. The quantitative estimate of drug-likeness (QED) is 0.471. The molecule has 35 heavy (non-hydrogen) atoms. The fourth-order valence-corrected chi connectivity index (χ4v) is 8.99. The number of nitrogens with one attached hydrogen (secondary N) is 2. The Hall–Kier alpha value is -2.78. The third-order valence-electron chi connectivity index (χ3n) is 7.50. The van der Waals surface area contributed by atoms with E-state index in [9.17, 15) is 14.0 Å². The van der Waals surface area contributed by atoms with E-state index >= 15 is 0 Å². The molecule has 6 rings (SSSR count). The second-order valence-corrected chi connectivity index (χ2v) is 11.6. The van der Waals surface area contributed by atoms with Crippen LogP contribution < -0.4 is 19.7 Å². The van der Waals surface area contributed by atoms with Crippen molar-refractivity contribution in [2.75, 3.05) is 19.0 Å². The molecule has 1 amide bonds. The number of methoxy groups -OCH3 is 1. The van der Waals surface area contributed by atoms with Crippen LogP contribution in [-0.4, -0.2) is 29.9 Å². The summed E-state index contributed by atoms with van der Waals surface area (Å²) in [6.07, 6.45) is 3.82. The Bertz CT molecular complexity index is 1320. The molecule has 182 valence electrons. The maximum absolute atomic E-state index is 13.1. The van der Waals surface area contributed by atoms with Gasteiger partial charge >= 0.3 is 4.87 Å². The number of thiazole rings is 1. The molecule has 2 heterocycles. The Balaban J connectivity index is 1.24. The van der Waals surface area contributed by atoms with Crippen molar-refractivity contribution >= 4 is 34.7 Å². The van der Waals surface area contributed by atoms with E-state index < -0.39 is 0 Å². The van der Waals surface area contributed by atoms with E-state index in [2.05, 4.69) is 10.3 Å². The van der Waals surface area contributed by atoms with Crippen molar-refractivity contribution in [2.45, 2.75) is 35.5 Å². The number of ether oxygens (including phenoxy) is 2. The zero-order valence-corrected chi connectivity index (χ0v) is 20.7. The van der Waals surface area contributed by atoms with E-state index in [4.69, 9.17) is 9.47 Å². The van der Waals surface area contributed by atoms with E-state index in [1.165, 1.54) is 54.9 Å². The summed E-state index contributed by atoms with van der Waals surface area (Å²) in [7, 11) is 1.59. The number of fused-ring (bicyclic) bond motifs is 6. The number of anilines is 1. The topological polar surface area (TPSA) is 80.4 Å². The fourth-order valence-electron chi connectivity index (χ4n) is 6.09. The molecule has 2 aromatic carbocycles. The number of halogens is 1. The first-order chi connectivity index (χ1) is 17.0. The minimum atomic E-state index is -0.364. The SMILES string of the molecule is COc1cc([C@H]2c3sc(=O)[nH]c3SC3C4CCC(C4)C32)ccc1OCC(=O)Nc1ccc(F)cc1. The standard InChI is InChI=1S/C26H25FN2O4S2/c1-32-19-11-14(4-9-18(19)33-12-20(30)28-17-7-5-16(27)6-8-17)22-21-13-2-3-15(10-13)23(21)34-25-24(22)35-26(31)29-25/h4-9,11,13,15,21-23H,2-3,10,12H2,1H3,(H,28,30)(H,29,31)/t13?,15?,21?,22-,23?/m1/s1. The van der Waals surface area contributed by atoms with Gasteiger partial charge in [-0.15, -0.1) is 11.8 Å². The molecular weight excluding hydrogens is 487 g/mol. The lowest BCUT2D eigenvalue weighted by Gasteiger charge is -2.40. The number of carbonyl (C=O) groups is 1. The molecule has 4 unspecified atom stereocenters. The summed E-state index contributed by atoms with van der Waals surface area (Å²) < 4.78 is 24.5. The molecule has 9 heteroatoms. The second kappa shape index (κ2) is 9.02. The molecule has 0 spiro atoms. The van der Waals surface area contributed by atoms with Crippen molar-refractivity contribution in [1.82, 2.24) is 4.98 Å². The number of carbonyl (C=O) groups excluding carboxylic acids is 1. The van der Waals surface area contributed by atoms with E-state index in [1.54, 1.807) is 7.11 Å². The predicted octanol–water partition coefficient (Wildman–Crippen LogP) is 5.25. The lowest BCUT2D eigenvalue weighted by Crippen LogP contribution is -2.33. The number of aromatic nitrogens is 1. The molecule has 2 aliphatic carbocycles. The van der Waals surface area contributed by atoms with Crippen LogP contribution in [0, 0.1) is 23.6 Å². The smallest absolute Gasteiger partial charge is 0.305 e. The number of amides is 1. The molecule has 6 nitrogen and oxygen atoms in total. The summed E-state index contributed by atoms with van der Waals surface area (Å²) in [5, 5.41) is 4.25. The average Bonchev–Trinajstić information content (AvgIpc) is 3.57. The summed E-state index contributed by atoms with van der Waals surface area (Å²) >= 11 is 3.19. The molecule has 5 atom stereocenters. The predicted molar refractivity (Wildman–Crippen MR) is 134 cm³/mol. The van der Waals surface area contributed by atoms with Gasteiger partial charge in [-0.25, -0.2) is 4.39 Å². The lowest BCUT2D eigenvalue weighted by atomic mass is 9.75. The molecule has 2 bridgehead atoms. The first-order valence-electron chi connectivity index (χ1n) is 11.8. The Morgan fingerprint density at radius 1 is 1.14 bits per heavy atom. The highest BCUT2D eigenvalue weighted by Gasteiger charge is 2.54. The van der Waals surface area contributed by atoms with E-state index in [-0.39, 0.29) is 29.1 Å². The lowest BCUT2D eigenvalue weighted by molar-refractivity contribution is -0.118. The van der Waals surface area contributed by atoms with Gasteiger partial charge in [0.1, 0.15) is 5.82 Å². The van der Waals surface area contributed by atoms with E-state index in [1.807, 2.05) is 30.0 Å². The van der Waals surface area contributed by atoms with Crippen LogP contribution >= 0.6 is 23.1 Å². The highest BCUT2D eigenvalue weighted by molar-refractivity contribution is 8.00. The average molecular weight is 513 g/mol. The van der Waals surface area contributed by atoms with Gasteiger partial charge in [0.05, 0.1) is 12.1 Å². The fraction of sp³-hybridized carbons (Fsp3) is 0.385. The Morgan fingerprint density at radius 3 is 2.74 bits per heavy atom. The van der Waals surface area contributed by atoms with Gasteiger partial charge in [-0.1, -0.05) is 17.4 Å². The third-order valence-corrected chi connectivity index (χ3v) is 10.1. The van der Waals surface area contributed by atoms with Crippen LogP contribution in [0.5, 0.6) is 11.5 Å². The van der Waals surface area contributed by atoms with E-state index in [0.717, 1.165) is 21.4 Å². The summed E-state index contributed by atoms with van der Waals surface area (Å²) in [6, 6.07) is 11.4. The van der Waals surface area contributed by atoms with Crippen LogP contribution in [-0.2, 0) is 4.79 Å². The van der Waals surface area contributed by atoms with Crippen molar-refractivity contribution in [3.63, 3.8) is 0 Å². The zero-order valence-electron chi connectivity index (χ0n) is 19.1. The Labute approximate surface area is 210 Å². The van der Waals surface area contributed by atoms with Crippen LogP contribution in [0.4, 0.5) is 10.1 Å². The molecule has 3 aliphatic rings. The molecular formula is C26H25FN2O4S2. The number of benzene rings is 2. The van der Waals surface area contributed by atoms with Gasteiger partial charge in [0.25, 0.3) is 5.91 Å². The van der Waals surface area contributed by atoms with Gasteiger partial charge in [-0.2, -0.15) is 0 Å². The molecule has 3 aromatic rings. The first-order valence-corrected chi connectivity index (χ1v) is 13.5. The summed E-state index contributed by atoms with van der Waals surface area (Å²) in [4.78, 5) is 28.8. The van der Waals surface area contributed by atoms with Gasteiger partial charge < -0.3 is 19.8 Å². The number of aromatic amines is 1. The monoisotopic (exact) mass is 512 g/mol. The van der Waals surface area contributed by atoms with Gasteiger partial charge in [-0.3, -0.25) is 9.59 Å². The Morgan fingerprint density at radius 2 is 1.94 bits per heavy atom. The number of rotatable bonds is 6. The number of hydrogen-bond donors (Lipinski definition) is 2. The van der Waals surface area contributed by atoms with Crippen LogP contribution in [0.3, 0.4) is 0 Å². The number of hydrogen-bond acceptors (Lipinski definition) is 6. The molecule has 1 aromatic heterocycles. The molecule has 2 saturated carbocycles. The number of H-pyrrole nitrogens is 1. The highest BCUT2D eigenvalue weighted by atomic mass is 32.2. The maximum atomic E-state index is 13.1. The van der Waals surface area contributed by atoms with Gasteiger partial charge in [0.15, 0.2) is 18.1 Å².